The highest BCUT2D eigenvalue weighted by Gasteiger charge is 2.22. The summed E-state index contributed by atoms with van der Waals surface area (Å²) in [6.45, 7) is 3.30. The Hall–Kier alpha value is -1.59. The van der Waals surface area contributed by atoms with Crippen LogP contribution in [0.4, 0.5) is 0 Å². The van der Waals surface area contributed by atoms with Crippen LogP contribution in [-0.4, -0.2) is 62.5 Å². The minimum absolute atomic E-state index is 0.139. The van der Waals surface area contributed by atoms with Gasteiger partial charge in [-0.2, -0.15) is 0 Å². The zero-order valence-electron chi connectivity index (χ0n) is 13.5. The number of nitrogens with zero attached hydrogens (tertiary/aromatic N) is 2. The summed E-state index contributed by atoms with van der Waals surface area (Å²) in [5.74, 6) is -0.843. The predicted octanol–water partition coefficient (Wildman–Crippen LogP) is 2.15. The second-order valence-corrected chi connectivity index (χ2v) is 5.93. The lowest BCUT2D eigenvalue weighted by Crippen LogP contribution is -2.41. The molecule has 22 heavy (non-hydrogen) atoms. The predicted molar refractivity (Wildman–Crippen MR) is 87.1 cm³/mol. The molecule has 1 amide bonds. The van der Waals surface area contributed by atoms with Crippen molar-refractivity contribution in [3.05, 3.63) is 34.9 Å². The Morgan fingerprint density at radius 2 is 1.95 bits per heavy atom. The van der Waals surface area contributed by atoms with Crippen LogP contribution in [0.2, 0.25) is 5.02 Å². The van der Waals surface area contributed by atoms with E-state index < -0.39 is 0 Å². The van der Waals surface area contributed by atoms with Crippen molar-refractivity contribution in [3.63, 3.8) is 0 Å². The molecule has 0 N–H and O–H groups in total. The number of amides is 1. The summed E-state index contributed by atoms with van der Waals surface area (Å²) in [6, 6.07) is 6.82. The molecule has 1 aromatic carbocycles. The molecule has 0 aliphatic heterocycles. The van der Waals surface area contributed by atoms with Gasteiger partial charge in [0, 0.05) is 30.2 Å². The summed E-state index contributed by atoms with van der Waals surface area (Å²) in [5, 5.41) is 0.513. The number of hydrogen-bond acceptors (Lipinski definition) is 4. The van der Waals surface area contributed by atoms with Crippen molar-refractivity contribution < 1.29 is 14.3 Å². The molecule has 0 radical (unpaired) electrons. The van der Waals surface area contributed by atoms with Crippen molar-refractivity contribution in [2.45, 2.75) is 6.92 Å². The number of halogens is 1. The molecule has 0 fully saturated rings. The number of rotatable bonds is 7. The molecular weight excluding hydrogens is 304 g/mol. The van der Waals surface area contributed by atoms with Crippen LogP contribution >= 0.6 is 11.6 Å². The van der Waals surface area contributed by atoms with E-state index in [-0.39, 0.29) is 17.8 Å². The average Bonchev–Trinajstić information content (AvgIpc) is 2.49. The highest BCUT2D eigenvalue weighted by atomic mass is 35.5. The number of likely N-dealkylation sites (N-methyl/N-ethyl adjacent to an activating group) is 1. The zero-order valence-corrected chi connectivity index (χ0v) is 14.3. The van der Waals surface area contributed by atoms with Crippen LogP contribution in [0.1, 0.15) is 17.3 Å². The average molecular weight is 327 g/mol. The first-order valence-electron chi connectivity index (χ1n) is 7.12. The van der Waals surface area contributed by atoms with E-state index in [0.29, 0.717) is 30.2 Å². The third-order valence-corrected chi connectivity index (χ3v) is 3.51. The summed E-state index contributed by atoms with van der Waals surface area (Å²) in [4.78, 5) is 27.9. The lowest BCUT2D eigenvalue weighted by molar-refractivity contribution is -0.145. The van der Waals surface area contributed by atoms with Gasteiger partial charge in [-0.3, -0.25) is 9.59 Å². The highest BCUT2D eigenvalue weighted by Crippen LogP contribution is 2.14. The lowest BCUT2D eigenvalue weighted by Gasteiger charge is -2.26. The maximum atomic E-state index is 12.7. The van der Waals surface area contributed by atoms with Crippen molar-refractivity contribution in [2.75, 3.05) is 40.8 Å². The van der Waals surface area contributed by atoms with Gasteiger partial charge in [-0.25, -0.2) is 0 Å². The van der Waals surface area contributed by atoms with Gasteiger partial charge < -0.3 is 14.5 Å². The van der Waals surface area contributed by atoms with E-state index in [0.717, 1.165) is 0 Å². The van der Waals surface area contributed by atoms with Crippen molar-refractivity contribution in [2.24, 2.45) is 5.92 Å². The topological polar surface area (TPSA) is 49.9 Å². The van der Waals surface area contributed by atoms with E-state index in [9.17, 15) is 9.59 Å². The number of methoxy groups -OCH3 is 1. The van der Waals surface area contributed by atoms with Crippen LogP contribution in [-0.2, 0) is 9.53 Å². The number of hydrogen-bond donors (Lipinski definition) is 0. The molecule has 122 valence electrons. The number of esters is 1. The van der Waals surface area contributed by atoms with E-state index in [4.69, 9.17) is 16.3 Å². The van der Waals surface area contributed by atoms with Crippen LogP contribution in [0.15, 0.2) is 24.3 Å². The minimum Gasteiger partial charge on any atom is -0.469 e. The van der Waals surface area contributed by atoms with Gasteiger partial charge in [0.2, 0.25) is 0 Å². The maximum absolute atomic E-state index is 12.7. The SMILES string of the molecule is COC(=O)C(C)CN(CCN(C)C)C(=O)c1cccc(Cl)c1. The van der Waals surface area contributed by atoms with Crippen LogP contribution < -0.4 is 0 Å². The molecular formula is C16H23ClN2O3. The largest absolute Gasteiger partial charge is 0.469 e. The fraction of sp³-hybridized carbons (Fsp3) is 0.500. The van der Waals surface area contributed by atoms with Crippen molar-refractivity contribution in [1.29, 1.82) is 0 Å². The molecule has 0 saturated heterocycles. The van der Waals surface area contributed by atoms with Gasteiger partial charge in [-0.15, -0.1) is 0 Å². The maximum Gasteiger partial charge on any atom is 0.310 e. The van der Waals surface area contributed by atoms with Gasteiger partial charge in [0.05, 0.1) is 13.0 Å². The Kier molecular flexibility index (Phi) is 7.35. The standard InChI is InChI=1S/C16H23ClN2O3/c1-12(16(21)22-4)11-19(9-8-18(2)3)15(20)13-6-5-7-14(17)10-13/h5-7,10,12H,8-9,11H2,1-4H3. The smallest absolute Gasteiger partial charge is 0.310 e. The number of carbonyl (C=O) groups is 2. The van der Waals surface area contributed by atoms with Gasteiger partial charge in [0.25, 0.3) is 5.91 Å². The molecule has 1 unspecified atom stereocenters. The molecule has 1 atom stereocenters. The summed E-state index contributed by atoms with van der Waals surface area (Å²) in [7, 11) is 5.22. The minimum atomic E-state index is -0.379. The van der Waals surface area contributed by atoms with E-state index in [2.05, 4.69) is 0 Å². The fourth-order valence-corrected chi connectivity index (χ4v) is 2.20. The molecule has 0 bridgehead atoms. The van der Waals surface area contributed by atoms with E-state index in [1.807, 2.05) is 19.0 Å². The van der Waals surface area contributed by atoms with E-state index in [1.165, 1.54) is 7.11 Å². The molecule has 0 heterocycles. The third kappa shape index (κ3) is 5.66. The number of carbonyl (C=O) groups excluding carboxylic acids is 2. The van der Waals surface area contributed by atoms with Crippen LogP contribution in [0.25, 0.3) is 0 Å². The fourth-order valence-electron chi connectivity index (χ4n) is 2.01. The first-order valence-corrected chi connectivity index (χ1v) is 7.50. The quantitative estimate of drug-likeness (QED) is 0.720. The van der Waals surface area contributed by atoms with E-state index in [1.54, 1.807) is 36.1 Å². The Balaban J connectivity index is 2.88. The van der Waals surface area contributed by atoms with Crippen LogP contribution in [0.5, 0.6) is 0 Å². The van der Waals surface area contributed by atoms with Gasteiger partial charge in [0.15, 0.2) is 0 Å². The molecule has 6 heteroatoms. The normalized spacial score (nSPS) is 12.1. The van der Waals surface area contributed by atoms with Gasteiger partial charge in [-0.05, 0) is 32.3 Å². The molecule has 5 nitrogen and oxygen atoms in total. The lowest BCUT2D eigenvalue weighted by atomic mass is 10.1. The highest BCUT2D eigenvalue weighted by molar-refractivity contribution is 6.30. The molecule has 1 rings (SSSR count). The summed E-state index contributed by atoms with van der Waals surface area (Å²) in [5.41, 5.74) is 0.517. The Morgan fingerprint density at radius 3 is 2.50 bits per heavy atom. The van der Waals surface area contributed by atoms with Gasteiger partial charge in [-0.1, -0.05) is 24.6 Å². The Labute approximate surface area is 136 Å². The summed E-state index contributed by atoms with van der Waals surface area (Å²) >= 11 is 5.95. The van der Waals surface area contributed by atoms with E-state index >= 15 is 0 Å². The molecule has 0 aromatic heterocycles. The Bertz CT molecular complexity index is 520. The molecule has 1 aromatic rings. The van der Waals surface area contributed by atoms with Crippen molar-refractivity contribution in [3.8, 4) is 0 Å². The molecule has 0 spiro atoms. The Morgan fingerprint density at radius 1 is 1.27 bits per heavy atom. The molecule has 0 aliphatic carbocycles. The summed E-state index contributed by atoms with van der Waals surface area (Å²) < 4.78 is 4.73. The van der Waals surface area contributed by atoms with Crippen LogP contribution in [0.3, 0.4) is 0 Å². The molecule has 0 aliphatic rings. The second-order valence-electron chi connectivity index (χ2n) is 5.49. The van der Waals surface area contributed by atoms with Crippen molar-refractivity contribution in [1.82, 2.24) is 9.80 Å². The van der Waals surface area contributed by atoms with Gasteiger partial charge in [0.1, 0.15) is 0 Å². The first kappa shape index (κ1) is 18.5. The monoisotopic (exact) mass is 326 g/mol. The van der Waals surface area contributed by atoms with Crippen molar-refractivity contribution >= 4 is 23.5 Å². The first-order chi connectivity index (χ1) is 10.3. The molecule has 0 saturated carbocycles. The summed E-state index contributed by atoms with van der Waals surface area (Å²) in [6.07, 6.45) is 0. The van der Waals surface area contributed by atoms with Gasteiger partial charge >= 0.3 is 5.97 Å². The number of benzene rings is 1. The second kappa shape index (κ2) is 8.76. The van der Waals surface area contributed by atoms with Crippen LogP contribution in [0, 0.1) is 5.92 Å². The third-order valence-electron chi connectivity index (χ3n) is 3.27. The number of ether oxygens (including phenoxy) is 1. The zero-order chi connectivity index (χ0) is 16.7.